The summed E-state index contributed by atoms with van der Waals surface area (Å²) in [5, 5.41) is 10.7. The van der Waals surface area contributed by atoms with E-state index < -0.39 is 14.9 Å². The average Bonchev–Trinajstić information content (AvgIpc) is 3.12. The Morgan fingerprint density at radius 2 is 1.76 bits per heavy atom. The number of benzene rings is 2. The predicted molar refractivity (Wildman–Crippen MR) is 92.0 cm³/mol. The number of nitro groups is 1. The zero-order valence-corrected chi connectivity index (χ0v) is 14.5. The maximum absolute atomic E-state index is 13.0. The van der Waals surface area contributed by atoms with Crippen molar-refractivity contribution in [2.45, 2.75) is 23.8 Å². The molecular weight excluding hydrogens is 344 g/mol. The largest absolute Gasteiger partial charge is 0.497 e. The van der Waals surface area contributed by atoms with Crippen LogP contribution in [0.1, 0.15) is 24.4 Å². The molecule has 0 spiro atoms. The number of hydrogen-bond acceptors (Lipinski definition) is 5. The maximum Gasteiger partial charge on any atom is 0.269 e. The molecule has 7 nitrogen and oxygen atoms in total. The number of sulfonamides is 1. The lowest BCUT2D eigenvalue weighted by Crippen LogP contribution is -2.30. The van der Waals surface area contributed by atoms with Crippen LogP contribution in [0, 0.1) is 10.1 Å². The van der Waals surface area contributed by atoms with E-state index >= 15 is 0 Å². The summed E-state index contributed by atoms with van der Waals surface area (Å²) in [6, 6.07) is 12.1. The van der Waals surface area contributed by atoms with Crippen molar-refractivity contribution in [1.82, 2.24) is 4.31 Å². The van der Waals surface area contributed by atoms with Gasteiger partial charge in [-0.25, -0.2) is 8.42 Å². The Bertz CT molecular complexity index is 863. The van der Waals surface area contributed by atoms with Crippen LogP contribution in [-0.2, 0) is 10.0 Å². The van der Waals surface area contributed by atoms with Gasteiger partial charge in [0.25, 0.3) is 5.69 Å². The van der Waals surface area contributed by atoms with Gasteiger partial charge in [0.05, 0.1) is 23.0 Å². The van der Waals surface area contributed by atoms with Crippen LogP contribution >= 0.6 is 0 Å². The summed E-state index contributed by atoms with van der Waals surface area (Å²) < 4.78 is 32.5. The lowest BCUT2D eigenvalue weighted by atomic mass is 10.1. The number of hydrogen-bond donors (Lipinski definition) is 0. The van der Waals surface area contributed by atoms with Crippen LogP contribution in [0.3, 0.4) is 0 Å². The summed E-state index contributed by atoms with van der Waals surface area (Å²) in [5.41, 5.74) is 0.774. The first-order valence-electron chi connectivity index (χ1n) is 7.84. The standard InChI is InChI=1S/C17H18N2O5S/c1-24-15-8-4-13(5-9-15)17-3-2-12-18(17)25(22,23)16-10-6-14(7-11-16)19(20)21/h4-11,17H,2-3,12H2,1H3/t17-/m1/s1. The van der Waals surface area contributed by atoms with Gasteiger partial charge in [0.1, 0.15) is 5.75 Å². The SMILES string of the molecule is COc1ccc([C@H]2CCCN2S(=O)(=O)c2ccc([N+](=O)[O-])cc2)cc1. The number of nitro benzene ring substituents is 1. The third-order valence-corrected chi connectivity index (χ3v) is 6.28. The summed E-state index contributed by atoms with van der Waals surface area (Å²) in [6.45, 7) is 0.427. The van der Waals surface area contributed by atoms with Crippen LogP contribution in [0.2, 0.25) is 0 Å². The lowest BCUT2D eigenvalue weighted by Gasteiger charge is -2.24. The van der Waals surface area contributed by atoms with E-state index in [1.165, 1.54) is 28.6 Å². The third kappa shape index (κ3) is 3.35. The molecule has 132 valence electrons. The Morgan fingerprint density at radius 3 is 2.32 bits per heavy atom. The van der Waals surface area contributed by atoms with Gasteiger partial charge in [0.15, 0.2) is 0 Å². The number of non-ortho nitro benzene ring substituents is 1. The van der Waals surface area contributed by atoms with Crippen LogP contribution in [0.5, 0.6) is 5.75 Å². The van der Waals surface area contributed by atoms with Gasteiger partial charge in [-0.1, -0.05) is 12.1 Å². The maximum atomic E-state index is 13.0. The first-order valence-corrected chi connectivity index (χ1v) is 9.28. The van der Waals surface area contributed by atoms with Crippen molar-refractivity contribution in [3.8, 4) is 5.75 Å². The minimum atomic E-state index is -3.71. The van der Waals surface area contributed by atoms with Gasteiger partial charge in [0, 0.05) is 18.7 Å². The van der Waals surface area contributed by atoms with Crippen molar-refractivity contribution in [3.05, 3.63) is 64.2 Å². The number of rotatable bonds is 5. The summed E-state index contributed by atoms with van der Waals surface area (Å²) in [5.74, 6) is 0.714. The fourth-order valence-corrected chi connectivity index (χ4v) is 4.74. The normalized spacial score (nSPS) is 18.2. The molecule has 2 aromatic carbocycles. The molecule has 8 heteroatoms. The molecule has 1 aliphatic rings. The van der Waals surface area contributed by atoms with Crippen molar-refractivity contribution < 1.29 is 18.1 Å². The molecule has 0 amide bonds. The Hall–Kier alpha value is -2.45. The minimum Gasteiger partial charge on any atom is -0.497 e. The van der Waals surface area contributed by atoms with E-state index in [2.05, 4.69) is 0 Å². The van der Waals surface area contributed by atoms with Gasteiger partial charge >= 0.3 is 0 Å². The fraction of sp³-hybridized carbons (Fsp3) is 0.294. The van der Waals surface area contributed by atoms with Gasteiger partial charge in [-0.05, 0) is 42.7 Å². The Labute approximate surface area is 146 Å². The molecule has 0 unspecified atom stereocenters. The Kier molecular flexibility index (Phi) is 4.73. The van der Waals surface area contributed by atoms with Gasteiger partial charge in [0.2, 0.25) is 10.0 Å². The van der Waals surface area contributed by atoms with Crippen molar-refractivity contribution in [2.75, 3.05) is 13.7 Å². The second kappa shape index (κ2) is 6.81. The highest BCUT2D eigenvalue weighted by molar-refractivity contribution is 7.89. The molecule has 0 aromatic heterocycles. The summed E-state index contributed by atoms with van der Waals surface area (Å²) in [7, 11) is -2.14. The van der Waals surface area contributed by atoms with Crippen LogP contribution < -0.4 is 4.74 Å². The molecule has 25 heavy (non-hydrogen) atoms. The molecule has 1 atom stereocenters. The molecule has 0 radical (unpaired) electrons. The van der Waals surface area contributed by atoms with Crippen molar-refractivity contribution in [2.24, 2.45) is 0 Å². The van der Waals surface area contributed by atoms with E-state index in [4.69, 9.17) is 4.74 Å². The van der Waals surface area contributed by atoms with E-state index in [1.54, 1.807) is 7.11 Å². The predicted octanol–water partition coefficient (Wildman–Crippen LogP) is 3.13. The molecule has 3 rings (SSSR count). The smallest absolute Gasteiger partial charge is 0.269 e. The van der Waals surface area contributed by atoms with Crippen LogP contribution in [0.25, 0.3) is 0 Å². The quantitative estimate of drug-likeness (QED) is 0.602. The van der Waals surface area contributed by atoms with E-state index in [1.807, 2.05) is 24.3 Å². The average molecular weight is 362 g/mol. The molecule has 0 bridgehead atoms. The molecule has 1 aliphatic heterocycles. The second-order valence-corrected chi connectivity index (χ2v) is 7.69. The van der Waals surface area contributed by atoms with E-state index in [0.29, 0.717) is 12.3 Å². The number of ether oxygens (including phenoxy) is 1. The number of methoxy groups -OCH3 is 1. The van der Waals surface area contributed by atoms with E-state index in [0.717, 1.165) is 18.4 Å². The highest BCUT2D eigenvalue weighted by Gasteiger charge is 2.36. The zero-order valence-electron chi connectivity index (χ0n) is 13.7. The topological polar surface area (TPSA) is 89.8 Å². The van der Waals surface area contributed by atoms with Gasteiger partial charge in [-0.15, -0.1) is 0 Å². The third-order valence-electron chi connectivity index (χ3n) is 4.36. The summed E-state index contributed by atoms with van der Waals surface area (Å²) >= 11 is 0. The molecule has 0 N–H and O–H groups in total. The molecule has 0 aliphatic carbocycles. The van der Waals surface area contributed by atoms with Crippen molar-refractivity contribution in [1.29, 1.82) is 0 Å². The van der Waals surface area contributed by atoms with Crippen molar-refractivity contribution >= 4 is 15.7 Å². The van der Waals surface area contributed by atoms with E-state index in [9.17, 15) is 18.5 Å². The van der Waals surface area contributed by atoms with Crippen molar-refractivity contribution in [3.63, 3.8) is 0 Å². The van der Waals surface area contributed by atoms with Crippen LogP contribution in [0.4, 0.5) is 5.69 Å². The first kappa shape index (κ1) is 17.4. The van der Waals surface area contributed by atoms with E-state index in [-0.39, 0.29) is 16.6 Å². The Morgan fingerprint density at radius 1 is 1.12 bits per heavy atom. The fourth-order valence-electron chi connectivity index (χ4n) is 3.06. The molecular formula is C17H18N2O5S. The Balaban J connectivity index is 1.90. The summed E-state index contributed by atoms with van der Waals surface area (Å²) in [6.07, 6.45) is 1.50. The lowest BCUT2D eigenvalue weighted by molar-refractivity contribution is -0.384. The summed E-state index contributed by atoms with van der Waals surface area (Å²) in [4.78, 5) is 10.3. The molecule has 1 saturated heterocycles. The minimum absolute atomic E-state index is 0.0681. The highest BCUT2D eigenvalue weighted by Crippen LogP contribution is 2.37. The molecule has 1 fully saturated rings. The molecule has 0 saturated carbocycles. The zero-order chi connectivity index (χ0) is 18.0. The number of nitrogens with zero attached hydrogens (tertiary/aromatic N) is 2. The highest BCUT2D eigenvalue weighted by atomic mass is 32.2. The molecule has 2 aromatic rings. The second-order valence-electron chi connectivity index (χ2n) is 5.80. The van der Waals surface area contributed by atoms with Gasteiger partial charge in [-0.2, -0.15) is 4.31 Å². The monoisotopic (exact) mass is 362 g/mol. The van der Waals surface area contributed by atoms with Crippen LogP contribution in [-0.4, -0.2) is 31.3 Å². The molecule has 1 heterocycles. The van der Waals surface area contributed by atoms with Gasteiger partial charge in [-0.3, -0.25) is 10.1 Å². The van der Waals surface area contributed by atoms with Gasteiger partial charge < -0.3 is 4.74 Å². The first-order chi connectivity index (χ1) is 11.9. The van der Waals surface area contributed by atoms with Crippen LogP contribution in [0.15, 0.2) is 53.4 Å².